The fraction of sp³-hybridized carbons (Fsp3) is 0.800. The number of carbonyl (C=O) groups excluding carboxylic acids is 2. The zero-order valence-electron chi connectivity index (χ0n) is 9.53. The minimum Gasteiger partial charge on any atom is -0.352 e. The summed E-state index contributed by atoms with van der Waals surface area (Å²) in [4.78, 5) is 22.7. The van der Waals surface area contributed by atoms with Gasteiger partial charge in [-0.3, -0.25) is 4.79 Å². The first kappa shape index (κ1) is 13.7. The van der Waals surface area contributed by atoms with Gasteiger partial charge < -0.3 is 16.0 Å². The first-order valence-corrected chi connectivity index (χ1v) is 5.29. The molecule has 0 heterocycles. The van der Waals surface area contributed by atoms with Crippen LogP contribution in [0.5, 0.6) is 0 Å². The Bertz CT molecular complexity index is 195. The SMILES string of the molecule is CC(C)CCN(C=O)CCCNC(N)=O. The van der Waals surface area contributed by atoms with Gasteiger partial charge in [-0.15, -0.1) is 0 Å². The first-order chi connectivity index (χ1) is 7.06. The molecule has 0 radical (unpaired) electrons. The molecule has 0 aliphatic rings. The van der Waals surface area contributed by atoms with E-state index in [0.29, 0.717) is 19.0 Å². The van der Waals surface area contributed by atoms with Gasteiger partial charge in [0.25, 0.3) is 0 Å². The average Bonchev–Trinajstić information content (AvgIpc) is 2.16. The van der Waals surface area contributed by atoms with E-state index in [4.69, 9.17) is 5.73 Å². The number of nitrogens with two attached hydrogens (primary N) is 1. The number of rotatable bonds is 8. The van der Waals surface area contributed by atoms with Gasteiger partial charge in [0, 0.05) is 19.6 Å². The molecule has 0 atom stereocenters. The fourth-order valence-electron chi connectivity index (χ4n) is 1.13. The van der Waals surface area contributed by atoms with Gasteiger partial charge >= 0.3 is 6.03 Å². The van der Waals surface area contributed by atoms with Gasteiger partial charge in [0.1, 0.15) is 0 Å². The van der Waals surface area contributed by atoms with Crippen LogP contribution >= 0.6 is 0 Å². The molecule has 5 heteroatoms. The average molecular weight is 215 g/mol. The molecule has 0 bridgehead atoms. The van der Waals surface area contributed by atoms with Crippen molar-refractivity contribution in [1.29, 1.82) is 0 Å². The van der Waals surface area contributed by atoms with Gasteiger partial charge in [0.2, 0.25) is 6.41 Å². The summed E-state index contributed by atoms with van der Waals surface area (Å²) in [6.07, 6.45) is 2.59. The highest BCUT2D eigenvalue weighted by Gasteiger charge is 2.02. The molecule has 0 fully saturated rings. The Kier molecular flexibility index (Phi) is 7.40. The molecule has 0 aliphatic heterocycles. The second kappa shape index (κ2) is 8.08. The molecule has 0 aromatic heterocycles. The monoisotopic (exact) mass is 215 g/mol. The predicted octanol–water partition coefficient (Wildman–Crippen LogP) is 0.549. The summed E-state index contributed by atoms with van der Waals surface area (Å²) in [5, 5.41) is 2.49. The lowest BCUT2D eigenvalue weighted by Gasteiger charge is -2.18. The van der Waals surface area contributed by atoms with Crippen LogP contribution in [0.4, 0.5) is 4.79 Å². The summed E-state index contributed by atoms with van der Waals surface area (Å²) in [7, 11) is 0. The molecule has 0 spiro atoms. The van der Waals surface area contributed by atoms with E-state index in [1.54, 1.807) is 4.90 Å². The van der Waals surface area contributed by atoms with E-state index in [1.165, 1.54) is 0 Å². The Balaban J connectivity index is 3.52. The van der Waals surface area contributed by atoms with Gasteiger partial charge in [0.15, 0.2) is 0 Å². The van der Waals surface area contributed by atoms with Crippen LogP contribution in [0.15, 0.2) is 0 Å². The zero-order valence-corrected chi connectivity index (χ0v) is 9.53. The molecular formula is C10H21N3O2. The van der Waals surface area contributed by atoms with E-state index in [9.17, 15) is 9.59 Å². The van der Waals surface area contributed by atoms with Crippen molar-refractivity contribution in [2.24, 2.45) is 11.7 Å². The molecule has 0 aliphatic carbocycles. The van der Waals surface area contributed by atoms with Crippen molar-refractivity contribution in [3.63, 3.8) is 0 Å². The number of amides is 3. The Morgan fingerprint density at radius 2 is 2.13 bits per heavy atom. The Hall–Kier alpha value is -1.26. The minimum absolute atomic E-state index is 0.515. The third-order valence-corrected chi connectivity index (χ3v) is 2.06. The lowest BCUT2D eigenvalue weighted by atomic mass is 10.1. The van der Waals surface area contributed by atoms with Crippen LogP contribution in [0.2, 0.25) is 0 Å². The molecule has 5 nitrogen and oxygen atoms in total. The number of primary amides is 1. The van der Waals surface area contributed by atoms with Crippen molar-refractivity contribution in [3.05, 3.63) is 0 Å². The molecule has 88 valence electrons. The largest absolute Gasteiger partial charge is 0.352 e. The lowest BCUT2D eigenvalue weighted by Crippen LogP contribution is -2.33. The highest BCUT2D eigenvalue weighted by molar-refractivity contribution is 5.71. The molecule has 3 N–H and O–H groups in total. The first-order valence-electron chi connectivity index (χ1n) is 5.29. The third-order valence-electron chi connectivity index (χ3n) is 2.06. The maximum Gasteiger partial charge on any atom is 0.312 e. The van der Waals surface area contributed by atoms with E-state index in [1.807, 2.05) is 0 Å². The van der Waals surface area contributed by atoms with Crippen LogP contribution in [0.1, 0.15) is 26.7 Å². The normalized spacial score (nSPS) is 10.1. The van der Waals surface area contributed by atoms with Crippen LogP contribution < -0.4 is 11.1 Å². The van der Waals surface area contributed by atoms with Crippen molar-refractivity contribution >= 4 is 12.4 Å². The second-order valence-electron chi connectivity index (χ2n) is 3.97. The molecule has 15 heavy (non-hydrogen) atoms. The van der Waals surface area contributed by atoms with Crippen LogP contribution in [0, 0.1) is 5.92 Å². The highest BCUT2D eigenvalue weighted by Crippen LogP contribution is 2.00. The summed E-state index contributed by atoms with van der Waals surface area (Å²) in [5.41, 5.74) is 4.91. The van der Waals surface area contributed by atoms with Gasteiger partial charge in [-0.2, -0.15) is 0 Å². The van der Waals surface area contributed by atoms with E-state index < -0.39 is 6.03 Å². The molecule has 0 aromatic carbocycles. The van der Waals surface area contributed by atoms with Crippen LogP contribution in [-0.4, -0.2) is 37.0 Å². The summed E-state index contributed by atoms with van der Waals surface area (Å²) in [5.74, 6) is 0.594. The Morgan fingerprint density at radius 1 is 1.47 bits per heavy atom. The van der Waals surface area contributed by atoms with Gasteiger partial charge in [-0.1, -0.05) is 13.8 Å². The van der Waals surface area contributed by atoms with Crippen molar-refractivity contribution in [2.45, 2.75) is 26.7 Å². The van der Waals surface area contributed by atoms with Crippen LogP contribution in [0.3, 0.4) is 0 Å². The van der Waals surface area contributed by atoms with Gasteiger partial charge in [-0.25, -0.2) is 4.79 Å². The zero-order chi connectivity index (χ0) is 11.7. The van der Waals surface area contributed by atoms with Gasteiger partial charge in [0.05, 0.1) is 0 Å². The number of nitrogens with one attached hydrogen (secondary N) is 1. The maximum absolute atomic E-state index is 10.7. The number of carbonyl (C=O) groups is 2. The fourth-order valence-corrected chi connectivity index (χ4v) is 1.13. The smallest absolute Gasteiger partial charge is 0.312 e. The van der Waals surface area contributed by atoms with Crippen molar-refractivity contribution in [2.75, 3.05) is 19.6 Å². The van der Waals surface area contributed by atoms with Crippen LogP contribution in [-0.2, 0) is 4.79 Å². The number of hydrogen-bond acceptors (Lipinski definition) is 2. The molecule has 0 saturated heterocycles. The van der Waals surface area contributed by atoms with E-state index >= 15 is 0 Å². The summed E-state index contributed by atoms with van der Waals surface area (Å²) in [6, 6.07) is -0.519. The van der Waals surface area contributed by atoms with Crippen molar-refractivity contribution in [3.8, 4) is 0 Å². The van der Waals surface area contributed by atoms with E-state index in [0.717, 1.165) is 25.8 Å². The standard InChI is InChI=1S/C10H21N3O2/c1-9(2)4-7-13(8-14)6-3-5-12-10(11)15/h8-9H,3-7H2,1-2H3,(H3,11,12,15). The van der Waals surface area contributed by atoms with Crippen LogP contribution in [0.25, 0.3) is 0 Å². The molecule has 0 saturated carbocycles. The molecule has 3 amide bonds. The second-order valence-corrected chi connectivity index (χ2v) is 3.97. The van der Waals surface area contributed by atoms with Crippen molar-refractivity contribution in [1.82, 2.24) is 10.2 Å². The van der Waals surface area contributed by atoms with Gasteiger partial charge in [-0.05, 0) is 18.8 Å². The maximum atomic E-state index is 10.7. The van der Waals surface area contributed by atoms with E-state index in [-0.39, 0.29) is 0 Å². The Morgan fingerprint density at radius 3 is 2.60 bits per heavy atom. The molecule has 0 aromatic rings. The molecule has 0 unspecified atom stereocenters. The Labute approximate surface area is 91.0 Å². The third kappa shape index (κ3) is 9.05. The quantitative estimate of drug-likeness (QED) is 0.458. The van der Waals surface area contributed by atoms with E-state index in [2.05, 4.69) is 19.2 Å². The number of nitrogens with zero attached hydrogens (tertiary/aromatic N) is 1. The topological polar surface area (TPSA) is 75.4 Å². The minimum atomic E-state index is -0.519. The molecule has 0 rings (SSSR count). The molecular weight excluding hydrogens is 194 g/mol. The van der Waals surface area contributed by atoms with Crippen molar-refractivity contribution < 1.29 is 9.59 Å². The summed E-state index contributed by atoms with van der Waals surface area (Å²) < 4.78 is 0. The summed E-state index contributed by atoms with van der Waals surface area (Å²) >= 11 is 0. The summed E-state index contributed by atoms with van der Waals surface area (Å²) in [6.45, 7) is 6.20. The highest BCUT2D eigenvalue weighted by atomic mass is 16.2. The number of urea groups is 1. The predicted molar refractivity (Wildman–Crippen MR) is 59.3 cm³/mol. The lowest BCUT2D eigenvalue weighted by molar-refractivity contribution is -0.118. The number of hydrogen-bond donors (Lipinski definition) is 2.